The number of ether oxygens (including phenoxy) is 1. The Bertz CT molecular complexity index is 928. The maximum atomic E-state index is 12.5. The van der Waals surface area contributed by atoms with Crippen molar-refractivity contribution in [3.63, 3.8) is 0 Å². The van der Waals surface area contributed by atoms with Crippen LogP contribution in [0.4, 0.5) is 10.5 Å². The molecule has 0 unspecified atom stereocenters. The first-order chi connectivity index (χ1) is 13.0. The van der Waals surface area contributed by atoms with Crippen molar-refractivity contribution < 1.29 is 19.1 Å². The third kappa shape index (κ3) is 4.50. The quantitative estimate of drug-likeness (QED) is 0.764. The number of nitrogens with one attached hydrogen (secondary N) is 1. The number of para-hydroxylation sites is 1. The molecular weight excluding hydrogens is 388 g/mol. The Kier molecular flexibility index (Phi) is 5.83. The number of carbonyl (C=O) groups is 3. The first-order valence-electron chi connectivity index (χ1n) is 7.92. The predicted octanol–water partition coefficient (Wildman–Crippen LogP) is 4.02. The van der Waals surface area contributed by atoms with Crippen molar-refractivity contribution in [3.05, 3.63) is 64.0 Å². The largest absolute Gasteiger partial charge is 0.497 e. The summed E-state index contributed by atoms with van der Waals surface area (Å²) in [4.78, 5) is 38.0. The second kappa shape index (κ2) is 8.28. The van der Waals surface area contributed by atoms with Crippen LogP contribution in [-0.2, 0) is 9.59 Å². The molecule has 6 nitrogen and oxygen atoms in total. The first-order valence-corrected chi connectivity index (χ1v) is 9.11. The number of nitrogens with zero attached hydrogens (tertiary/aromatic N) is 1. The van der Waals surface area contributed by atoms with Gasteiger partial charge in [0.05, 0.1) is 22.7 Å². The zero-order valence-electron chi connectivity index (χ0n) is 14.3. The molecule has 27 heavy (non-hydrogen) atoms. The molecule has 3 rings (SSSR count). The zero-order valence-corrected chi connectivity index (χ0v) is 15.8. The minimum Gasteiger partial charge on any atom is -0.497 e. The number of hydrogen-bond donors (Lipinski definition) is 1. The van der Waals surface area contributed by atoms with Gasteiger partial charge in [-0.1, -0.05) is 35.9 Å². The molecular formula is C19H15ClN2O4S. The van der Waals surface area contributed by atoms with E-state index < -0.39 is 17.1 Å². The molecule has 8 heteroatoms. The molecule has 1 N–H and O–H groups in total. The van der Waals surface area contributed by atoms with Crippen molar-refractivity contribution in [2.45, 2.75) is 0 Å². The normalized spacial score (nSPS) is 15.3. The number of methoxy groups -OCH3 is 1. The molecule has 0 aromatic heterocycles. The summed E-state index contributed by atoms with van der Waals surface area (Å²) in [6, 6.07) is 13.8. The van der Waals surface area contributed by atoms with Crippen LogP contribution in [-0.4, -0.2) is 35.6 Å². The molecule has 0 spiro atoms. The van der Waals surface area contributed by atoms with E-state index in [9.17, 15) is 14.4 Å². The average molecular weight is 403 g/mol. The highest BCUT2D eigenvalue weighted by Crippen LogP contribution is 2.32. The minimum atomic E-state index is -0.505. The van der Waals surface area contributed by atoms with E-state index in [1.54, 1.807) is 61.7 Å². The van der Waals surface area contributed by atoms with Crippen molar-refractivity contribution in [1.29, 1.82) is 0 Å². The van der Waals surface area contributed by atoms with Gasteiger partial charge in [-0.3, -0.25) is 19.3 Å². The van der Waals surface area contributed by atoms with Crippen molar-refractivity contribution >= 4 is 52.2 Å². The fourth-order valence-corrected chi connectivity index (χ4v) is 3.40. The number of rotatable bonds is 5. The van der Waals surface area contributed by atoms with Gasteiger partial charge in [-0.25, -0.2) is 0 Å². The number of imide groups is 1. The van der Waals surface area contributed by atoms with Gasteiger partial charge in [-0.05, 0) is 47.7 Å². The zero-order chi connectivity index (χ0) is 19.4. The second-order valence-electron chi connectivity index (χ2n) is 5.57. The van der Waals surface area contributed by atoms with Crippen LogP contribution in [0.5, 0.6) is 5.75 Å². The monoisotopic (exact) mass is 402 g/mol. The van der Waals surface area contributed by atoms with E-state index in [-0.39, 0.29) is 11.4 Å². The number of carbonyl (C=O) groups excluding carboxylic acids is 3. The fraction of sp³-hybridized carbons (Fsp3) is 0.105. The van der Waals surface area contributed by atoms with E-state index >= 15 is 0 Å². The summed E-state index contributed by atoms with van der Waals surface area (Å²) in [5.41, 5.74) is 1.17. The Labute approximate surface area is 165 Å². The molecule has 0 aliphatic carbocycles. The summed E-state index contributed by atoms with van der Waals surface area (Å²) in [7, 11) is 1.56. The SMILES string of the molecule is COc1ccc(/C=C2\SC(=O)N(CC(=O)Nc3ccccc3Cl)C2=O)cc1. The lowest BCUT2D eigenvalue weighted by Crippen LogP contribution is -2.36. The van der Waals surface area contributed by atoms with E-state index in [0.717, 1.165) is 22.2 Å². The van der Waals surface area contributed by atoms with Gasteiger partial charge >= 0.3 is 0 Å². The van der Waals surface area contributed by atoms with Crippen LogP contribution in [0.2, 0.25) is 5.02 Å². The van der Waals surface area contributed by atoms with Gasteiger partial charge in [0.25, 0.3) is 11.1 Å². The van der Waals surface area contributed by atoms with Crippen LogP contribution in [0.1, 0.15) is 5.56 Å². The lowest BCUT2D eigenvalue weighted by atomic mass is 10.2. The number of anilines is 1. The molecule has 1 aliphatic rings. The molecule has 1 saturated heterocycles. The average Bonchev–Trinajstić information content (AvgIpc) is 2.91. The van der Waals surface area contributed by atoms with Crippen LogP contribution in [0.15, 0.2) is 53.4 Å². The van der Waals surface area contributed by atoms with E-state index in [1.807, 2.05) is 0 Å². The standard InChI is InChI=1S/C19H15ClN2O4S/c1-26-13-8-6-12(7-9-13)10-16-18(24)22(19(25)27-16)11-17(23)21-15-5-3-2-4-14(15)20/h2-10H,11H2,1H3,(H,21,23)/b16-10-. The van der Waals surface area contributed by atoms with E-state index in [2.05, 4.69) is 5.32 Å². The van der Waals surface area contributed by atoms with Gasteiger partial charge in [-0.15, -0.1) is 0 Å². The molecule has 1 heterocycles. The highest BCUT2D eigenvalue weighted by atomic mass is 35.5. The van der Waals surface area contributed by atoms with Gasteiger partial charge in [-0.2, -0.15) is 0 Å². The van der Waals surface area contributed by atoms with Gasteiger partial charge in [0, 0.05) is 0 Å². The maximum absolute atomic E-state index is 12.5. The summed E-state index contributed by atoms with van der Waals surface area (Å²) < 4.78 is 5.09. The minimum absolute atomic E-state index is 0.260. The Balaban J connectivity index is 1.69. The first kappa shape index (κ1) is 19.0. The molecule has 0 atom stereocenters. The smallest absolute Gasteiger partial charge is 0.294 e. The molecule has 0 radical (unpaired) electrons. The fourth-order valence-electron chi connectivity index (χ4n) is 2.38. The van der Waals surface area contributed by atoms with Crippen LogP contribution < -0.4 is 10.1 Å². The van der Waals surface area contributed by atoms with Gasteiger partial charge in [0.15, 0.2) is 0 Å². The van der Waals surface area contributed by atoms with Crippen LogP contribution in [0.3, 0.4) is 0 Å². The molecule has 2 aromatic rings. The summed E-state index contributed by atoms with van der Waals surface area (Å²) in [6.45, 7) is -0.379. The van der Waals surface area contributed by atoms with Crippen molar-refractivity contribution in [2.75, 3.05) is 19.0 Å². The van der Waals surface area contributed by atoms with E-state index in [0.29, 0.717) is 16.5 Å². The van der Waals surface area contributed by atoms with Gasteiger partial charge in [0.1, 0.15) is 12.3 Å². The molecule has 0 bridgehead atoms. The summed E-state index contributed by atoms with van der Waals surface area (Å²) in [6.07, 6.45) is 1.61. The van der Waals surface area contributed by atoms with Crippen LogP contribution in [0, 0.1) is 0 Å². The topological polar surface area (TPSA) is 75.7 Å². The Morgan fingerprint density at radius 2 is 1.89 bits per heavy atom. The Morgan fingerprint density at radius 1 is 1.19 bits per heavy atom. The number of benzene rings is 2. The van der Waals surface area contributed by atoms with Gasteiger partial charge in [0.2, 0.25) is 5.91 Å². The number of hydrogen-bond acceptors (Lipinski definition) is 5. The Morgan fingerprint density at radius 3 is 2.56 bits per heavy atom. The predicted molar refractivity (Wildman–Crippen MR) is 106 cm³/mol. The van der Waals surface area contributed by atoms with E-state index in [4.69, 9.17) is 16.3 Å². The molecule has 1 aliphatic heterocycles. The maximum Gasteiger partial charge on any atom is 0.294 e. The second-order valence-corrected chi connectivity index (χ2v) is 6.97. The summed E-state index contributed by atoms with van der Waals surface area (Å²) in [5.74, 6) is -0.317. The number of halogens is 1. The van der Waals surface area contributed by atoms with Gasteiger partial charge < -0.3 is 10.1 Å². The third-order valence-corrected chi connectivity index (χ3v) is 4.97. The molecule has 2 aromatic carbocycles. The lowest BCUT2D eigenvalue weighted by molar-refractivity contribution is -0.127. The third-order valence-electron chi connectivity index (χ3n) is 3.74. The Hall–Kier alpha value is -2.77. The summed E-state index contributed by atoms with van der Waals surface area (Å²) in [5, 5.41) is 2.48. The summed E-state index contributed by atoms with van der Waals surface area (Å²) >= 11 is 6.79. The molecule has 0 saturated carbocycles. The number of amides is 3. The van der Waals surface area contributed by atoms with Crippen LogP contribution >= 0.6 is 23.4 Å². The highest BCUT2D eigenvalue weighted by molar-refractivity contribution is 8.18. The molecule has 138 valence electrons. The lowest BCUT2D eigenvalue weighted by Gasteiger charge is -2.13. The number of thioether (sulfide) groups is 1. The van der Waals surface area contributed by atoms with E-state index in [1.165, 1.54) is 0 Å². The van der Waals surface area contributed by atoms with Crippen molar-refractivity contribution in [2.24, 2.45) is 0 Å². The highest BCUT2D eigenvalue weighted by Gasteiger charge is 2.36. The molecule has 1 fully saturated rings. The van der Waals surface area contributed by atoms with Crippen LogP contribution in [0.25, 0.3) is 6.08 Å². The van der Waals surface area contributed by atoms with Crippen molar-refractivity contribution in [3.8, 4) is 5.75 Å². The van der Waals surface area contributed by atoms with Crippen molar-refractivity contribution in [1.82, 2.24) is 4.90 Å². The molecule has 3 amide bonds.